The Morgan fingerprint density at radius 2 is 1.76 bits per heavy atom. The molecular formula is C7H7Cl6NO3. The summed E-state index contributed by atoms with van der Waals surface area (Å²) < 4.78 is 0.774. The van der Waals surface area contributed by atoms with Gasteiger partial charge in [0.1, 0.15) is 6.04 Å². The number of carbonyl (C=O) groups excluding carboxylic acids is 1. The quantitative estimate of drug-likeness (QED) is 0.573. The smallest absolute Gasteiger partial charge is 0.325 e. The summed E-state index contributed by atoms with van der Waals surface area (Å²) in [5, 5.41) is 9.83. The van der Waals surface area contributed by atoms with Crippen LogP contribution in [0.3, 0.4) is 0 Å². The second-order valence-electron chi connectivity index (χ2n) is 3.37. The third kappa shape index (κ3) is 3.57. The van der Waals surface area contributed by atoms with Crippen molar-refractivity contribution in [2.75, 3.05) is 0 Å². The summed E-state index contributed by atoms with van der Waals surface area (Å²) in [7, 11) is 0. The molecule has 1 N–H and O–H groups in total. The standard InChI is InChI=1S/C7H7Cl6NO3/c1-2-3(15)17-5(7(11,12)13)14(2)4(16)6(8,9)10/h2,4-5,16H,1H3/t2-,4-,5-/m1/s1. The minimum absolute atomic E-state index is 0.686. The summed E-state index contributed by atoms with van der Waals surface area (Å²) in [4.78, 5) is 12.4. The Labute approximate surface area is 128 Å². The molecule has 0 spiro atoms. The lowest BCUT2D eigenvalue weighted by Crippen LogP contribution is -2.54. The molecule has 3 atom stereocenters. The lowest BCUT2D eigenvalue weighted by molar-refractivity contribution is -0.142. The predicted molar refractivity (Wildman–Crippen MR) is 67.8 cm³/mol. The summed E-state index contributed by atoms with van der Waals surface area (Å²) >= 11 is 33.5. The molecule has 1 aliphatic heterocycles. The van der Waals surface area contributed by atoms with E-state index >= 15 is 0 Å². The van der Waals surface area contributed by atoms with Crippen LogP contribution in [0.15, 0.2) is 0 Å². The van der Waals surface area contributed by atoms with Gasteiger partial charge in [-0.15, -0.1) is 0 Å². The van der Waals surface area contributed by atoms with Crippen molar-refractivity contribution in [3.8, 4) is 0 Å². The monoisotopic (exact) mass is 363 g/mol. The summed E-state index contributed by atoms with van der Waals surface area (Å²) in [6.07, 6.45) is -2.99. The number of aliphatic hydroxyl groups excluding tert-OH is 1. The number of nitrogens with zero attached hydrogens (tertiary/aromatic N) is 1. The fourth-order valence-corrected chi connectivity index (χ4v) is 2.15. The van der Waals surface area contributed by atoms with E-state index in [1.165, 1.54) is 6.92 Å². The number of esters is 1. The van der Waals surface area contributed by atoms with E-state index in [0.717, 1.165) is 4.90 Å². The molecule has 10 heteroatoms. The molecule has 100 valence electrons. The molecule has 0 amide bonds. The van der Waals surface area contributed by atoms with Gasteiger partial charge < -0.3 is 9.84 Å². The Morgan fingerprint density at radius 3 is 2.12 bits per heavy atom. The molecule has 1 aliphatic rings. The number of aliphatic hydroxyl groups is 1. The van der Waals surface area contributed by atoms with Gasteiger partial charge in [0.05, 0.1) is 0 Å². The Bertz CT molecular complexity index is 314. The third-order valence-electron chi connectivity index (χ3n) is 2.14. The topological polar surface area (TPSA) is 49.8 Å². The SMILES string of the molecule is C[C@@H]1C(=O)O[C@H](C(Cl)(Cl)Cl)N1[C@H](O)C(Cl)(Cl)Cl. The second-order valence-corrected chi connectivity index (χ2v) is 8.11. The Kier molecular flexibility index (Phi) is 5.00. The lowest BCUT2D eigenvalue weighted by Gasteiger charge is -2.35. The number of hydrogen-bond donors (Lipinski definition) is 1. The molecule has 0 bridgehead atoms. The highest BCUT2D eigenvalue weighted by Crippen LogP contribution is 2.43. The van der Waals surface area contributed by atoms with E-state index in [0.29, 0.717) is 0 Å². The average Bonchev–Trinajstić information content (AvgIpc) is 2.40. The molecule has 17 heavy (non-hydrogen) atoms. The molecule has 1 rings (SSSR count). The first-order chi connectivity index (χ1) is 7.46. The fraction of sp³-hybridized carbons (Fsp3) is 0.857. The van der Waals surface area contributed by atoms with Gasteiger partial charge in [-0.3, -0.25) is 4.79 Å². The molecule has 1 fully saturated rings. The highest BCUT2D eigenvalue weighted by atomic mass is 35.6. The van der Waals surface area contributed by atoms with Gasteiger partial charge in [-0.05, 0) is 6.92 Å². The maximum absolute atomic E-state index is 11.4. The van der Waals surface area contributed by atoms with Gasteiger partial charge in [0.15, 0.2) is 6.23 Å². The summed E-state index contributed by atoms with van der Waals surface area (Å²) in [6, 6.07) is -0.902. The van der Waals surface area contributed by atoms with Crippen LogP contribution in [0.5, 0.6) is 0 Å². The molecule has 4 nitrogen and oxygen atoms in total. The zero-order chi connectivity index (χ0) is 13.6. The number of rotatable bonds is 1. The largest absolute Gasteiger partial charge is 0.440 e. The Morgan fingerprint density at radius 1 is 1.29 bits per heavy atom. The van der Waals surface area contributed by atoms with Crippen molar-refractivity contribution >= 4 is 75.6 Å². The van der Waals surface area contributed by atoms with Gasteiger partial charge in [-0.25, -0.2) is 4.90 Å². The number of cyclic esters (lactones) is 1. The van der Waals surface area contributed by atoms with Gasteiger partial charge in [-0.2, -0.15) is 0 Å². The van der Waals surface area contributed by atoms with Crippen LogP contribution in [-0.4, -0.2) is 42.1 Å². The first kappa shape index (κ1) is 16.2. The molecule has 0 aromatic carbocycles. The number of alkyl halides is 6. The lowest BCUT2D eigenvalue weighted by atomic mass is 10.3. The zero-order valence-electron chi connectivity index (χ0n) is 8.21. The van der Waals surface area contributed by atoms with Crippen molar-refractivity contribution in [2.45, 2.75) is 33.0 Å². The van der Waals surface area contributed by atoms with E-state index in [9.17, 15) is 9.90 Å². The zero-order valence-corrected chi connectivity index (χ0v) is 12.7. The van der Waals surface area contributed by atoms with Crippen LogP contribution in [0, 0.1) is 0 Å². The maximum atomic E-state index is 11.4. The first-order valence-corrected chi connectivity index (χ1v) is 6.52. The minimum atomic E-state index is -2.07. The van der Waals surface area contributed by atoms with Crippen LogP contribution in [0.25, 0.3) is 0 Å². The van der Waals surface area contributed by atoms with Crippen molar-refractivity contribution in [1.82, 2.24) is 4.90 Å². The van der Waals surface area contributed by atoms with E-state index in [2.05, 4.69) is 0 Å². The molecule has 0 unspecified atom stereocenters. The molecule has 1 saturated heterocycles. The fourth-order valence-electron chi connectivity index (χ4n) is 1.34. The van der Waals surface area contributed by atoms with Crippen molar-refractivity contribution in [3.63, 3.8) is 0 Å². The Balaban J connectivity index is 3.04. The number of ether oxygens (including phenoxy) is 1. The van der Waals surface area contributed by atoms with Crippen LogP contribution in [0.2, 0.25) is 0 Å². The highest BCUT2D eigenvalue weighted by Gasteiger charge is 2.55. The summed E-state index contributed by atoms with van der Waals surface area (Å²) in [5.74, 6) is -0.686. The maximum Gasteiger partial charge on any atom is 0.325 e. The second kappa shape index (κ2) is 5.25. The highest BCUT2D eigenvalue weighted by molar-refractivity contribution is 6.68. The van der Waals surface area contributed by atoms with E-state index in [1.54, 1.807) is 0 Å². The first-order valence-electron chi connectivity index (χ1n) is 4.25. The van der Waals surface area contributed by atoms with Gasteiger partial charge in [0, 0.05) is 0 Å². The molecule has 0 aliphatic carbocycles. The Hall–Kier alpha value is 1.13. The van der Waals surface area contributed by atoms with Crippen molar-refractivity contribution in [1.29, 1.82) is 0 Å². The van der Waals surface area contributed by atoms with Crippen LogP contribution < -0.4 is 0 Å². The molecular weight excluding hydrogens is 359 g/mol. The normalized spacial score (nSPS) is 29.3. The molecule has 1 heterocycles. The van der Waals surface area contributed by atoms with Gasteiger partial charge in [0.25, 0.3) is 0 Å². The van der Waals surface area contributed by atoms with Crippen molar-refractivity contribution in [2.24, 2.45) is 0 Å². The molecule has 0 aromatic rings. The van der Waals surface area contributed by atoms with Crippen LogP contribution >= 0.6 is 69.6 Å². The van der Waals surface area contributed by atoms with Crippen LogP contribution in [0.4, 0.5) is 0 Å². The van der Waals surface area contributed by atoms with Gasteiger partial charge in [-0.1, -0.05) is 69.6 Å². The minimum Gasteiger partial charge on any atom is -0.440 e. The van der Waals surface area contributed by atoms with E-state index in [-0.39, 0.29) is 0 Å². The van der Waals surface area contributed by atoms with Crippen LogP contribution in [-0.2, 0) is 9.53 Å². The average molecular weight is 366 g/mol. The van der Waals surface area contributed by atoms with Crippen LogP contribution in [0.1, 0.15) is 6.92 Å². The van der Waals surface area contributed by atoms with E-state index < -0.39 is 32.1 Å². The van der Waals surface area contributed by atoms with Gasteiger partial charge >= 0.3 is 5.97 Å². The number of carbonyl (C=O) groups is 1. The molecule has 0 aromatic heterocycles. The number of hydrogen-bond acceptors (Lipinski definition) is 4. The van der Waals surface area contributed by atoms with Gasteiger partial charge in [0.2, 0.25) is 13.8 Å². The van der Waals surface area contributed by atoms with E-state index in [4.69, 9.17) is 74.3 Å². The molecule has 0 saturated carbocycles. The summed E-state index contributed by atoms with van der Waals surface area (Å²) in [6.45, 7) is 1.43. The van der Waals surface area contributed by atoms with Crippen molar-refractivity contribution in [3.05, 3.63) is 0 Å². The van der Waals surface area contributed by atoms with E-state index in [1.807, 2.05) is 0 Å². The summed E-state index contributed by atoms with van der Waals surface area (Å²) in [5.41, 5.74) is 0. The number of halogens is 6. The third-order valence-corrected chi connectivity index (χ3v) is 3.29. The molecule has 0 radical (unpaired) electrons. The predicted octanol–water partition coefficient (Wildman–Crippen LogP) is 2.62. The van der Waals surface area contributed by atoms with Crippen molar-refractivity contribution < 1.29 is 14.6 Å².